The molecule has 7 nitrogen and oxygen atoms in total. The molecule has 27 heavy (non-hydrogen) atoms. The third-order valence-electron chi connectivity index (χ3n) is 4.51. The van der Waals surface area contributed by atoms with E-state index >= 15 is 0 Å². The summed E-state index contributed by atoms with van der Waals surface area (Å²) in [6.07, 6.45) is 4.96. The highest BCUT2D eigenvalue weighted by Crippen LogP contribution is 2.23. The van der Waals surface area contributed by atoms with Crippen LogP contribution in [-0.4, -0.2) is 30.3 Å². The van der Waals surface area contributed by atoms with Gasteiger partial charge in [-0.3, -0.25) is 0 Å². The number of amides is 2. The van der Waals surface area contributed by atoms with E-state index in [9.17, 15) is 4.79 Å². The molecule has 3 rings (SSSR count). The normalized spacial score (nSPS) is 18.8. The molecule has 1 fully saturated rings. The molecule has 140 valence electrons. The van der Waals surface area contributed by atoms with Crippen molar-refractivity contribution >= 4 is 11.7 Å². The van der Waals surface area contributed by atoms with Crippen molar-refractivity contribution < 1.29 is 14.3 Å². The SMILES string of the molecule is COc1ccc(NC(=O)NC2CCC(Oc3ccc(C#N)cn3)CC2)cc1. The number of pyridine rings is 1. The van der Waals surface area contributed by atoms with E-state index in [2.05, 4.69) is 15.6 Å². The van der Waals surface area contributed by atoms with Crippen LogP contribution in [0.15, 0.2) is 42.6 Å². The van der Waals surface area contributed by atoms with Crippen LogP contribution in [0.3, 0.4) is 0 Å². The number of nitrogens with zero attached hydrogens (tertiary/aromatic N) is 2. The lowest BCUT2D eigenvalue weighted by Gasteiger charge is -2.29. The summed E-state index contributed by atoms with van der Waals surface area (Å²) in [5, 5.41) is 14.6. The Balaban J connectivity index is 1.41. The molecule has 0 saturated heterocycles. The van der Waals surface area contributed by atoms with E-state index in [4.69, 9.17) is 14.7 Å². The number of hydrogen-bond donors (Lipinski definition) is 2. The van der Waals surface area contributed by atoms with Gasteiger partial charge in [0.15, 0.2) is 0 Å². The molecule has 2 N–H and O–H groups in total. The molecule has 0 radical (unpaired) electrons. The van der Waals surface area contributed by atoms with Crippen LogP contribution in [0, 0.1) is 11.3 Å². The van der Waals surface area contributed by atoms with Crippen molar-refractivity contribution in [1.82, 2.24) is 10.3 Å². The van der Waals surface area contributed by atoms with E-state index in [-0.39, 0.29) is 18.2 Å². The molecular weight excluding hydrogens is 344 g/mol. The van der Waals surface area contributed by atoms with E-state index in [1.54, 1.807) is 43.5 Å². The van der Waals surface area contributed by atoms with Gasteiger partial charge in [-0.2, -0.15) is 5.26 Å². The Morgan fingerprint density at radius 1 is 1.15 bits per heavy atom. The smallest absolute Gasteiger partial charge is 0.319 e. The first-order chi connectivity index (χ1) is 13.2. The first kappa shape index (κ1) is 18.5. The molecule has 0 spiro atoms. The Kier molecular flexibility index (Phi) is 6.10. The molecule has 0 aliphatic heterocycles. The number of aromatic nitrogens is 1. The Hall–Kier alpha value is -3.27. The molecule has 0 unspecified atom stereocenters. The average molecular weight is 366 g/mol. The molecule has 1 heterocycles. The maximum Gasteiger partial charge on any atom is 0.319 e. The van der Waals surface area contributed by atoms with Crippen LogP contribution in [0.1, 0.15) is 31.2 Å². The molecule has 0 atom stereocenters. The zero-order valence-electron chi connectivity index (χ0n) is 15.1. The highest BCUT2D eigenvalue weighted by molar-refractivity contribution is 5.89. The molecule has 2 amide bonds. The monoisotopic (exact) mass is 366 g/mol. The first-order valence-electron chi connectivity index (χ1n) is 8.90. The topological polar surface area (TPSA) is 96.3 Å². The van der Waals surface area contributed by atoms with Gasteiger partial charge in [-0.1, -0.05) is 0 Å². The summed E-state index contributed by atoms with van der Waals surface area (Å²) >= 11 is 0. The van der Waals surface area contributed by atoms with E-state index in [1.165, 1.54) is 6.20 Å². The number of ether oxygens (including phenoxy) is 2. The third-order valence-corrected chi connectivity index (χ3v) is 4.51. The molecular formula is C20H22N4O3. The van der Waals surface area contributed by atoms with E-state index < -0.39 is 0 Å². The van der Waals surface area contributed by atoms with E-state index in [0.717, 1.165) is 37.1 Å². The molecule has 1 aromatic heterocycles. The number of nitrogens with one attached hydrogen (secondary N) is 2. The zero-order valence-corrected chi connectivity index (χ0v) is 15.1. The Labute approximate surface area is 158 Å². The van der Waals surface area contributed by atoms with Crippen molar-refractivity contribution in [2.75, 3.05) is 12.4 Å². The van der Waals surface area contributed by atoms with E-state index in [1.807, 2.05) is 6.07 Å². The number of urea groups is 1. The summed E-state index contributed by atoms with van der Waals surface area (Å²) < 4.78 is 11.0. The minimum Gasteiger partial charge on any atom is -0.497 e. The molecule has 0 bridgehead atoms. The van der Waals surface area contributed by atoms with Gasteiger partial charge in [0.05, 0.1) is 12.7 Å². The standard InChI is InChI=1S/C20H22N4O3/c1-26-17-7-3-15(4-8-17)23-20(25)24-16-5-9-18(10-6-16)27-19-11-2-14(12-21)13-22-19/h2-4,7-8,11,13,16,18H,5-6,9-10H2,1H3,(H2,23,24,25). The summed E-state index contributed by atoms with van der Waals surface area (Å²) in [5.74, 6) is 1.28. The lowest BCUT2D eigenvalue weighted by molar-refractivity contribution is 0.135. The van der Waals surface area contributed by atoms with Crippen molar-refractivity contribution in [3.05, 3.63) is 48.2 Å². The largest absolute Gasteiger partial charge is 0.497 e. The van der Waals surface area contributed by atoms with Gasteiger partial charge in [0.1, 0.15) is 17.9 Å². The average Bonchev–Trinajstić information content (AvgIpc) is 2.70. The van der Waals surface area contributed by atoms with Gasteiger partial charge in [0.2, 0.25) is 5.88 Å². The minimum absolute atomic E-state index is 0.0770. The Bertz CT molecular complexity index is 791. The van der Waals surface area contributed by atoms with Crippen LogP contribution < -0.4 is 20.1 Å². The molecule has 1 aliphatic carbocycles. The summed E-state index contributed by atoms with van der Waals surface area (Å²) in [4.78, 5) is 16.3. The minimum atomic E-state index is -0.210. The third kappa shape index (κ3) is 5.35. The fourth-order valence-electron chi connectivity index (χ4n) is 3.04. The van der Waals surface area contributed by atoms with Gasteiger partial charge in [-0.25, -0.2) is 9.78 Å². The van der Waals surface area contributed by atoms with Gasteiger partial charge in [0, 0.05) is 24.0 Å². The number of methoxy groups -OCH3 is 1. The summed E-state index contributed by atoms with van der Waals surface area (Å²) in [6.45, 7) is 0. The first-order valence-corrected chi connectivity index (χ1v) is 8.90. The Morgan fingerprint density at radius 3 is 2.48 bits per heavy atom. The molecule has 1 saturated carbocycles. The van der Waals surface area contributed by atoms with Crippen molar-refractivity contribution in [2.24, 2.45) is 0 Å². The highest BCUT2D eigenvalue weighted by Gasteiger charge is 2.24. The fraction of sp³-hybridized carbons (Fsp3) is 0.350. The lowest BCUT2D eigenvalue weighted by Crippen LogP contribution is -2.41. The van der Waals surface area contributed by atoms with Gasteiger partial charge in [-0.05, 0) is 56.0 Å². The maximum atomic E-state index is 12.1. The quantitative estimate of drug-likeness (QED) is 0.844. The van der Waals surface area contributed by atoms with Crippen LogP contribution in [0.25, 0.3) is 0 Å². The van der Waals surface area contributed by atoms with Gasteiger partial charge in [-0.15, -0.1) is 0 Å². The van der Waals surface area contributed by atoms with E-state index in [0.29, 0.717) is 11.4 Å². The van der Waals surface area contributed by atoms with Gasteiger partial charge < -0.3 is 20.1 Å². The van der Waals surface area contributed by atoms with Crippen LogP contribution in [0.5, 0.6) is 11.6 Å². The van der Waals surface area contributed by atoms with Crippen LogP contribution >= 0.6 is 0 Å². The number of hydrogen-bond acceptors (Lipinski definition) is 5. The van der Waals surface area contributed by atoms with Gasteiger partial charge >= 0.3 is 6.03 Å². The lowest BCUT2D eigenvalue weighted by atomic mass is 9.93. The number of nitriles is 1. The maximum absolute atomic E-state index is 12.1. The predicted molar refractivity (Wildman–Crippen MR) is 101 cm³/mol. The Morgan fingerprint density at radius 2 is 1.89 bits per heavy atom. The highest BCUT2D eigenvalue weighted by atomic mass is 16.5. The second-order valence-electron chi connectivity index (χ2n) is 6.42. The fourth-order valence-corrected chi connectivity index (χ4v) is 3.04. The summed E-state index contributed by atoms with van der Waals surface area (Å²) in [7, 11) is 1.60. The molecule has 7 heteroatoms. The zero-order chi connectivity index (χ0) is 19.1. The van der Waals surface area contributed by atoms with Crippen LogP contribution in [0.4, 0.5) is 10.5 Å². The van der Waals surface area contributed by atoms with Crippen molar-refractivity contribution in [3.8, 4) is 17.7 Å². The number of anilines is 1. The van der Waals surface area contributed by atoms with Gasteiger partial charge in [0.25, 0.3) is 0 Å². The summed E-state index contributed by atoms with van der Waals surface area (Å²) in [5.41, 5.74) is 1.23. The molecule has 1 aromatic carbocycles. The number of rotatable bonds is 5. The molecule has 1 aliphatic rings. The number of carbonyl (C=O) groups is 1. The number of benzene rings is 1. The van der Waals surface area contributed by atoms with Crippen molar-refractivity contribution in [2.45, 2.75) is 37.8 Å². The number of carbonyl (C=O) groups excluding carboxylic acids is 1. The predicted octanol–water partition coefficient (Wildman–Crippen LogP) is 3.47. The second-order valence-corrected chi connectivity index (χ2v) is 6.42. The summed E-state index contributed by atoms with van der Waals surface area (Å²) in [6, 6.07) is 12.6. The van der Waals surface area contributed by atoms with Crippen LogP contribution in [-0.2, 0) is 0 Å². The second kappa shape index (κ2) is 8.90. The molecule has 2 aromatic rings. The van der Waals surface area contributed by atoms with Crippen molar-refractivity contribution in [1.29, 1.82) is 5.26 Å². The van der Waals surface area contributed by atoms with Crippen molar-refractivity contribution in [3.63, 3.8) is 0 Å². The van der Waals surface area contributed by atoms with Crippen LogP contribution in [0.2, 0.25) is 0 Å².